The van der Waals surface area contributed by atoms with Crippen molar-refractivity contribution in [1.29, 1.82) is 0 Å². The number of Topliss-reactive ketones (excluding diaryl/α,β-unsaturated/α-hetero) is 1. The van der Waals surface area contributed by atoms with Crippen molar-refractivity contribution in [3.63, 3.8) is 0 Å². The van der Waals surface area contributed by atoms with Crippen molar-refractivity contribution in [3.05, 3.63) is 34.4 Å². The Kier molecular flexibility index (Phi) is 6.19. The summed E-state index contributed by atoms with van der Waals surface area (Å²) in [6, 6.07) is 4.15. The summed E-state index contributed by atoms with van der Waals surface area (Å²) in [7, 11) is 1.68. The summed E-state index contributed by atoms with van der Waals surface area (Å²) < 4.78 is 5.07. The van der Waals surface area contributed by atoms with Gasteiger partial charge in [0.05, 0.1) is 13.2 Å². The van der Waals surface area contributed by atoms with E-state index in [4.69, 9.17) is 4.74 Å². The molecule has 3 nitrogen and oxygen atoms in total. The van der Waals surface area contributed by atoms with Crippen molar-refractivity contribution < 1.29 is 9.53 Å². The number of hydrogen-bond donors (Lipinski definition) is 0. The molecule has 0 N–H and O–H groups in total. The summed E-state index contributed by atoms with van der Waals surface area (Å²) in [4.78, 5) is 14.6. The van der Waals surface area contributed by atoms with Crippen molar-refractivity contribution >= 4 is 5.78 Å². The number of nitrogens with zero attached hydrogens (tertiary/aromatic N) is 1. The van der Waals surface area contributed by atoms with Crippen LogP contribution in [-0.4, -0.2) is 44.0 Å². The van der Waals surface area contributed by atoms with E-state index in [0.717, 1.165) is 29.8 Å². The molecule has 1 rings (SSSR count). The van der Waals surface area contributed by atoms with Crippen LogP contribution in [0.5, 0.6) is 0 Å². The molecular formula is C16H25NO2. The lowest BCUT2D eigenvalue weighted by atomic mass is 9.96. The zero-order chi connectivity index (χ0) is 14.4. The predicted octanol–water partition coefficient (Wildman–Crippen LogP) is 2.76. The first-order valence-corrected chi connectivity index (χ1v) is 6.82. The van der Waals surface area contributed by atoms with E-state index in [9.17, 15) is 4.79 Å². The molecule has 1 aromatic rings. The van der Waals surface area contributed by atoms with Gasteiger partial charge in [-0.25, -0.2) is 0 Å². The van der Waals surface area contributed by atoms with Crippen LogP contribution in [0.25, 0.3) is 0 Å². The molecule has 0 spiro atoms. The maximum absolute atomic E-state index is 12.4. The lowest BCUT2D eigenvalue weighted by Crippen LogP contribution is -2.33. The second-order valence-corrected chi connectivity index (χ2v) is 5.06. The molecule has 106 valence electrons. The van der Waals surface area contributed by atoms with E-state index in [-0.39, 0.29) is 5.78 Å². The van der Waals surface area contributed by atoms with Gasteiger partial charge in [0.15, 0.2) is 5.78 Å². The fourth-order valence-corrected chi connectivity index (χ4v) is 2.47. The molecule has 0 saturated heterocycles. The molecule has 0 amide bonds. The van der Waals surface area contributed by atoms with Crippen LogP contribution in [0, 0.1) is 20.8 Å². The molecule has 0 radical (unpaired) electrons. The van der Waals surface area contributed by atoms with Gasteiger partial charge in [0.1, 0.15) is 0 Å². The molecule has 3 heteroatoms. The predicted molar refractivity (Wildman–Crippen MR) is 79.0 cm³/mol. The zero-order valence-electron chi connectivity index (χ0n) is 12.7. The zero-order valence-corrected chi connectivity index (χ0v) is 12.7. The minimum Gasteiger partial charge on any atom is -0.383 e. The number of rotatable bonds is 7. The molecular weight excluding hydrogens is 238 g/mol. The summed E-state index contributed by atoms with van der Waals surface area (Å²) in [5.74, 6) is 0.202. The molecule has 0 heterocycles. The number of likely N-dealkylation sites (N-methyl/N-ethyl adjacent to an activating group) is 1. The molecule has 0 unspecified atom stereocenters. The van der Waals surface area contributed by atoms with Gasteiger partial charge in [-0.3, -0.25) is 9.69 Å². The van der Waals surface area contributed by atoms with Crippen LogP contribution in [0.1, 0.15) is 34.0 Å². The summed E-state index contributed by atoms with van der Waals surface area (Å²) in [5, 5.41) is 0. The molecule has 1 aromatic carbocycles. The van der Waals surface area contributed by atoms with E-state index in [1.165, 1.54) is 5.56 Å². The fraction of sp³-hybridized carbons (Fsp3) is 0.562. The second-order valence-electron chi connectivity index (χ2n) is 5.06. The third-order valence-corrected chi connectivity index (χ3v) is 3.38. The molecule has 0 fully saturated rings. The smallest absolute Gasteiger partial charge is 0.177 e. The van der Waals surface area contributed by atoms with Crippen LogP contribution in [0.15, 0.2) is 12.1 Å². The van der Waals surface area contributed by atoms with E-state index < -0.39 is 0 Å². The maximum Gasteiger partial charge on any atom is 0.177 e. The van der Waals surface area contributed by atoms with Crippen molar-refractivity contribution in [2.24, 2.45) is 0 Å². The van der Waals surface area contributed by atoms with Crippen LogP contribution in [-0.2, 0) is 4.74 Å². The average Bonchev–Trinajstić information content (AvgIpc) is 2.33. The SMILES string of the molecule is CCN(CCOC)CC(=O)c1c(C)cc(C)cc1C. The summed E-state index contributed by atoms with van der Waals surface area (Å²) in [6.45, 7) is 10.9. The number of aryl methyl sites for hydroxylation is 3. The average molecular weight is 263 g/mol. The van der Waals surface area contributed by atoms with Crippen molar-refractivity contribution in [3.8, 4) is 0 Å². The van der Waals surface area contributed by atoms with Gasteiger partial charge in [-0.1, -0.05) is 24.6 Å². The van der Waals surface area contributed by atoms with Gasteiger partial charge < -0.3 is 4.74 Å². The minimum atomic E-state index is 0.202. The molecule has 0 aliphatic heterocycles. The van der Waals surface area contributed by atoms with E-state index in [2.05, 4.69) is 30.9 Å². The highest BCUT2D eigenvalue weighted by Gasteiger charge is 2.15. The lowest BCUT2D eigenvalue weighted by Gasteiger charge is -2.20. The van der Waals surface area contributed by atoms with Crippen LogP contribution in [0.3, 0.4) is 0 Å². The molecule has 0 aliphatic carbocycles. The Hall–Kier alpha value is -1.19. The molecule has 0 atom stereocenters. The van der Waals surface area contributed by atoms with Crippen LogP contribution < -0.4 is 0 Å². The summed E-state index contributed by atoms with van der Waals surface area (Å²) in [5.41, 5.74) is 4.23. The lowest BCUT2D eigenvalue weighted by molar-refractivity contribution is 0.0901. The first-order chi connectivity index (χ1) is 8.99. The van der Waals surface area contributed by atoms with Crippen LogP contribution >= 0.6 is 0 Å². The number of hydrogen-bond acceptors (Lipinski definition) is 3. The van der Waals surface area contributed by atoms with Crippen molar-refractivity contribution in [1.82, 2.24) is 4.90 Å². The Bertz CT molecular complexity index is 417. The Morgan fingerprint density at radius 1 is 1.21 bits per heavy atom. The van der Waals surface area contributed by atoms with Gasteiger partial charge in [0, 0.05) is 19.2 Å². The molecule has 0 aliphatic rings. The summed E-state index contributed by atoms with van der Waals surface area (Å²) in [6.07, 6.45) is 0. The van der Waals surface area contributed by atoms with E-state index in [1.807, 2.05) is 13.8 Å². The molecule has 19 heavy (non-hydrogen) atoms. The van der Waals surface area contributed by atoms with Gasteiger partial charge in [-0.05, 0) is 38.4 Å². The van der Waals surface area contributed by atoms with Crippen LogP contribution in [0.2, 0.25) is 0 Å². The fourth-order valence-electron chi connectivity index (χ4n) is 2.47. The number of benzene rings is 1. The first-order valence-electron chi connectivity index (χ1n) is 6.82. The molecule has 0 bridgehead atoms. The molecule has 0 saturated carbocycles. The highest BCUT2D eigenvalue weighted by Crippen LogP contribution is 2.17. The van der Waals surface area contributed by atoms with E-state index >= 15 is 0 Å². The number of carbonyl (C=O) groups excluding carboxylic acids is 1. The van der Waals surface area contributed by atoms with Gasteiger partial charge >= 0.3 is 0 Å². The monoisotopic (exact) mass is 263 g/mol. The van der Waals surface area contributed by atoms with Gasteiger partial charge in [0.25, 0.3) is 0 Å². The number of ether oxygens (including phenoxy) is 1. The van der Waals surface area contributed by atoms with Gasteiger partial charge in [0.2, 0.25) is 0 Å². The summed E-state index contributed by atoms with van der Waals surface area (Å²) >= 11 is 0. The second kappa shape index (κ2) is 7.41. The largest absolute Gasteiger partial charge is 0.383 e. The highest BCUT2D eigenvalue weighted by molar-refractivity contribution is 6.00. The van der Waals surface area contributed by atoms with Crippen molar-refractivity contribution in [2.75, 3.05) is 33.4 Å². The third-order valence-electron chi connectivity index (χ3n) is 3.38. The van der Waals surface area contributed by atoms with Gasteiger partial charge in [-0.15, -0.1) is 0 Å². The Labute approximate surface area is 116 Å². The van der Waals surface area contributed by atoms with E-state index in [0.29, 0.717) is 13.2 Å². The van der Waals surface area contributed by atoms with E-state index in [1.54, 1.807) is 7.11 Å². The topological polar surface area (TPSA) is 29.5 Å². The maximum atomic E-state index is 12.4. The standard InChI is InChI=1S/C16H25NO2/c1-6-17(7-8-19-5)11-15(18)16-13(3)9-12(2)10-14(16)4/h9-10H,6-8,11H2,1-5H3. The van der Waals surface area contributed by atoms with Crippen molar-refractivity contribution in [2.45, 2.75) is 27.7 Å². The number of methoxy groups -OCH3 is 1. The normalized spacial score (nSPS) is 11.1. The highest BCUT2D eigenvalue weighted by atomic mass is 16.5. The minimum absolute atomic E-state index is 0.202. The Morgan fingerprint density at radius 2 is 1.79 bits per heavy atom. The number of ketones is 1. The first kappa shape index (κ1) is 15.9. The number of carbonyl (C=O) groups is 1. The quantitative estimate of drug-likeness (QED) is 0.708. The Morgan fingerprint density at radius 3 is 2.26 bits per heavy atom. The van der Waals surface area contributed by atoms with Gasteiger partial charge in [-0.2, -0.15) is 0 Å². The third kappa shape index (κ3) is 4.44. The Balaban J connectivity index is 2.83. The molecule has 0 aromatic heterocycles. The van der Waals surface area contributed by atoms with Crippen LogP contribution in [0.4, 0.5) is 0 Å².